The monoisotopic (exact) mass is 350 g/mol. The van der Waals surface area contributed by atoms with Gasteiger partial charge >= 0.3 is 0 Å². The third-order valence-electron chi connectivity index (χ3n) is 4.16. The zero-order valence-corrected chi connectivity index (χ0v) is 14.1. The zero-order chi connectivity index (χ0) is 16.5. The van der Waals surface area contributed by atoms with Crippen molar-refractivity contribution in [2.45, 2.75) is 19.4 Å². The lowest BCUT2D eigenvalue weighted by atomic mass is 9.98. The Morgan fingerprint density at radius 1 is 1.38 bits per heavy atom. The number of nitrogens with one attached hydrogen (secondary N) is 1. The van der Waals surface area contributed by atoms with Gasteiger partial charge in [-0.05, 0) is 6.92 Å². The number of ether oxygens (including phenoxy) is 3. The minimum Gasteiger partial charge on any atom is -0.485 e. The number of nitrogens with zero attached hydrogens (tertiary/aromatic N) is 1. The Morgan fingerprint density at radius 2 is 2.25 bits per heavy atom. The summed E-state index contributed by atoms with van der Waals surface area (Å²) < 4.78 is 21.9. The molecule has 2 aromatic heterocycles. The molecule has 4 rings (SSSR count). The van der Waals surface area contributed by atoms with Crippen LogP contribution in [0.5, 0.6) is 11.5 Å². The second-order valence-electron chi connectivity index (χ2n) is 5.97. The van der Waals surface area contributed by atoms with E-state index in [1.165, 1.54) is 11.3 Å². The lowest BCUT2D eigenvalue weighted by Gasteiger charge is -2.19. The van der Waals surface area contributed by atoms with Gasteiger partial charge in [0.15, 0.2) is 11.5 Å². The number of fused-ring (bicyclic) bond motifs is 1. The molecule has 0 aliphatic carbocycles. The highest BCUT2D eigenvalue weighted by atomic mass is 32.1. The maximum Gasteiger partial charge on any atom is 0.265 e. The zero-order valence-electron chi connectivity index (χ0n) is 13.2. The SMILES string of the molecule is Cc1cc(C[C@@H]2COC[C@@H]2NC(=O)c2scc3c2OCCO3)on1. The molecule has 0 saturated carbocycles. The predicted molar refractivity (Wildman–Crippen MR) is 85.8 cm³/mol. The third kappa shape index (κ3) is 2.99. The quantitative estimate of drug-likeness (QED) is 0.905. The van der Waals surface area contributed by atoms with E-state index < -0.39 is 0 Å². The highest BCUT2D eigenvalue weighted by Crippen LogP contribution is 2.39. The first-order valence-corrected chi connectivity index (χ1v) is 8.76. The fraction of sp³-hybridized carbons (Fsp3) is 0.500. The number of thiophene rings is 1. The summed E-state index contributed by atoms with van der Waals surface area (Å²) in [5.41, 5.74) is 0.854. The molecule has 128 valence electrons. The van der Waals surface area contributed by atoms with Gasteiger partial charge in [0.25, 0.3) is 5.91 Å². The normalized spacial score (nSPS) is 22.5. The Labute approximate surface area is 142 Å². The summed E-state index contributed by atoms with van der Waals surface area (Å²) in [6, 6.07) is 1.85. The molecule has 0 spiro atoms. The van der Waals surface area contributed by atoms with Gasteiger partial charge in [-0.2, -0.15) is 0 Å². The Hall–Kier alpha value is -2.06. The van der Waals surface area contributed by atoms with E-state index in [0.717, 1.165) is 11.5 Å². The molecule has 7 nitrogen and oxygen atoms in total. The van der Waals surface area contributed by atoms with Crippen molar-refractivity contribution in [2.24, 2.45) is 5.92 Å². The van der Waals surface area contributed by atoms with Crippen molar-refractivity contribution in [3.8, 4) is 11.5 Å². The molecule has 0 bridgehead atoms. The number of carbonyl (C=O) groups excluding carboxylic acids is 1. The Balaban J connectivity index is 1.44. The molecule has 0 aromatic carbocycles. The molecule has 1 N–H and O–H groups in total. The summed E-state index contributed by atoms with van der Waals surface area (Å²) in [7, 11) is 0. The van der Waals surface area contributed by atoms with Crippen molar-refractivity contribution < 1.29 is 23.5 Å². The van der Waals surface area contributed by atoms with E-state index in [4.69, 9.17) is 18.7 Å². The first-order valence-electron chi connectivity index (χ1n) is 7.88. The van der Waals surface area contributed by atoms with Gasteiger partial charge in [-0.3, -0.25) is 4.79 Å². The van der Waals surface area contributed by atoms with Gasteiger partial charge in [0, 0.05) is 23.8 Å². The van der Waals surface area contributed by atoms with Crippen LogP contribution in [0.15, 0.2) is 16.0 Å². The van der Waals surface area contributed by atoms with Crippen molar-refractivity contribution in [3.05, 3.63) is 27.8 Å². The number of carbonyl (C=O) groups is 1. The van der Waals surface area contributed by atoms with E-state index >= 15 is 0 Å². The van der Waals surface area contributed by atoms with E-state index in [9.17, 15) is 4.79 Å². The minimum absolute atomic E-state index is 0.0647. The lowest BCUT2D eigenvalue weighted by molar-refractivity contribution is 0.0919. The molecule has 4 heterocycles. The van der Waals surface area contributed by atoms with E-state index in [0.29, 0.717) is 49.2 Å². The third-order valence-corrected chi connectivity index (χ3v) is 5.10. The first kappa shape index (κ1) is 15.5. The fourth-order valence-electron chi connectivity index (χ4n) is 2.98. The highest BCUT2D eigenvalue weighted by Gasteiger charge is 2.33. The highest BCUT2D eigenvalue weighted by molar-refractivity contribution is 7.12. The van der Waals surface area contributed by atoms with Crippen LogP contribution in [0.25, 0.3) is 0 Å². The fourth-order valence-corrected chi connectivity index (χ4v) is 3.82. The summed E-state index contributed by atoms with van der Waals surface area (Å²) in [5, 5.41) is 8.77. The molecule has 1 saturated heterocycles. The topological polar surface area (TPSA) is 82.8 Å². The standard InChI is InChI=1S/C16H18N2O5S/c1-9-4-11(23-18-9)5-10-6-20-7-12(10)17-16(19)15-14-13(8-24-15)21-2-3-22-14/h4,8,10,12H,2-3,5-7H2,1H3,(H,17,19)/t10-,12+/m1/s1. The molecular formula is C16H18N2O5S. The minimum atomic E-state index is -0.152. The van der Waals surface area contributed by atoms with Crippen LogP contribution in [0.2, 0.25) is 0 Å². The summed E-state index contributed by atoms with van der Waals surface area (Å²) >= 11 is 1.33. The molecule has 2 atom stereocenters. The second kappa shape index (κ2) is 6.45. The number of hydrogen-bond donors (Lipinski definition) is 1. The van der Waals surface area contributed by atoms with Gasteiger partial charge in [-0.1, -0.05) is 5.16 Å². The van der Waals surface area contributed by atoms with Crippen LogP contribution in [-0.4, -0.2) is 43.5 Å². The summed E-state index contributed by atoms with van der Waals surface area (Å²) in [4.78, 5) is 13.2. The van der Waals surface area contributed by atoms with E-state index in [1.54, 1.807) is 0 Å². The van der Waals surface area contributed by atoms with Crippen LogP contribution in [0.1, 0.15) is 21.1 Å². The molecule has 8 heteroatoms. The molecular weight excluding hydrogens is 332 g/mol. The van der Waals surface area contributed by atoms with Gasteiger partial charge in [0.2, 0.25) is 0 Å². The molecule has 1 fully saturated rings. The van der Waals surface area contributed by atoms with Crippen LogP contribution in [0, 0.1) is 12.8 Å². The van der Waals surface area contributed by atoms with Crippen LogP contribution < -0.4 is 14.8 Å². The van der Waals surface area contributed by atoms with Crippen molar-refractivity contribution >= 4 is 17.2 Å². The predicted octanol–water partition coefficient (Wildman–Crippen LogP) is 1.80. The lowest BCUT2D eigenvalue weighted by Crippen LogP contribution is -2.40. The molecule has 2 aromatic rings. The maximum atomic E-state index is 12.6. The average molecular weight is 350 g/mol. The molecule has 0 radical (unpaired) electrons. The van der Waals surface area contributed by atoms with E-state index in [2.05, 4.69) is 10.5 Å². The number of rotatable bonds is 4. The number of amides is 1. The number of hydrogen-bond acceptors (Lipinski definition) is 7. The van der Waals surface area contributed by atoms with Gasteiger partial charge in [-0.25, -0.2) is 0 Å². The Morgan fingerprint density at radius 3 is 3.08 bits per heavy atom. The second-order valence-corrected chi connectivity index (χ2v) is 6.85. The van der Waals surface area contributed by atoms with Gasteiger partial charge in [0.1, 0.15) is 23.9 Å². The van der Waals surface area contributed by atoms with Crippen molar-refractivity contribution in [1.82, 2.24) is 10.5 Å². The van der Waals surface area contributed by atoms with Crippen molar-refractivity contribution in [2.75, 3.05) is 26.4 Å². The average Bonchev–Trinajstić information content (AvgIpc) is 3.28. The van der Waals surface area contributed by atoms with Gasteiger partial charge < -0.3 is 24.1 Å². The summed E-state index contributed by atoms with van der Waals surface area (Å²) in [6.45, 7) is 3.95. The maximum absolute atomic E-state index is 12.6. The van der Waals surface area contributed by atoms with Gasteiger partial charge in [-0.15, -0.1) is 11.3 Å². The smallest absolute Gasteiger partial charge is 0.265 e. The molecule has 2 aliphatic rings. The first-order chi connectivity index (χ1) is 11.7. The largest absolute Gasteiger partial charge is 0.485 e. The van der Waals surface area contributed by atoms with Crippen LogP contribution in [0.4, 0.5) is 0 Å². The summed E-state index contributed by atoms with van der Waals surface area (Å²) in [5.74, 6) is 2.01. The van der Waals surface area contributed by atoms with E-state index in [1.807, 2.05) is 18.4 Å². The van der Waals surface area contributed by atoms with Crippen molar-refractivity contribution in [3.63, 3.8) is 0 Å². The number of aryl methyl sites for hydroxylation is 1. The molecule has 24 heavy (non-hydrogen) atoms. The number of aromatic nitrogens is 1. The molecule has 2 aliphatic heterocycles. The van der Waals surface area contributed by atoms with Crippen LogP contribution >= 0.6 is 11.3 Å². The van der Waals surface area contributed by atoms with Crippen LogP contribution in [0.3, 0.4) is 0 Å². The molecule has 0 unspecified atom stereocenters. The van der Waals surface area contributed by atoms with Crippen molar-refractivity contribution in [1.29, 1.82) is 0 Å². The van der Waals surface area contributed by atoms with E-state index in [-0.39, 0.29) is 17.9 Å². The summed E-state index contributed by atoms with van der Waals surface area (Å²) in [6.07, 6.45) is 0.688. The molecule has 1 amide bonds. The Kier molecular flexibility index (Phi) is 4.15. The van der Waals surface area contributed by atoms with Crippen LogP contribution in [-0.2, 0) is 11.2 Å². The Bertz CT molecular complexity index is 741. The van der Waals surface area contributed by atoms with Gasteiger partial charge in [0.05, 0.1) is 24.9 Å².